The Bertz CT molecular complexity index is 669. The lowest BCUT2D eigenvalue weighted by molar-refractivity contribution is -0.124. The number of ether oxygens (including phenoxy) is 1. The van der Waals surface area contributed by atoms with Crippen LogP contribution in [0, 0.1) is 6.92 Å². The number of aryl methyl sites for hydroxylation is 1. The molecule has 0 unspecified atom stereocenters. The van der Waals surface area contributed by atoms with E-state index in [1.807, 2.05) is 31.2 Å². The van der Waals surface area contributed by atoms with Gasteiger partial charge in [-0.1, -0.05) is 23.7 Å². The molecule has 1 N–H and O–H groups in total. The second kappa shape index (κ2) is 7.96. The molecule has 0 saturated carbocycles. The number of amides is 1. The summed E-state index contributed by atoms with van der Waals surface area (Å²) in [6, 6.07) is 11.0. The molecule has 0 fully saturated rings. The Morgan fingerprint density at radius 3 is 2.77 bits per heavy atom. The summed E-state index contributed by atoms with van der Waals surface area (Å²) in [4.78, 5) is 24.8. The molecule has 1 amide bonds. The molecule has 0 radical (unpaired) electrons. The van der Waals surface area contributed by atoms with Gasteiger partial charge >= 0.3 is 5.97 Å². The maximum absolute atomic E-state index is 11.7. The Labute approximate surface area is 138 Å². The van der Waals surface area contributed by atoms with Crippen molar-refractivity contribution in [3.63, 3.8) is 0 Å². The first kappa shape index (κ1) is 16.5. The van der Waals surface area contributed by atoms with E-state index >= 15 is 0 Å². The van der Waals surface area contributed by atoms with Gasteiger partial charge < -0.3 is 10.1 Å². The molecule has 2 rings (SSSR count). The molecule has 0 saturated heterocycles. The van der Waals surface area contributed by atoms with E-state index in [2.05, 4.69) is 5.32 Å². The quantitative estimate of drug-likeness (QED) is 0.823. The number of benzene rings is 1. The minimum Gasteiger partial charge on any atom is -0.451 e. The Hall–Kier alpha value is -1.85. The fourth-order valence-corrected chi connectivity index (χ4v) is 2.81. The molecule has 0 atom stereocenters. The second-order valence-electron chi connectivity index (χ2n) is 4.72. The molecule has 0 aliphatic rings. The predicted octanol–water partition coefficient (Wildman–Crippen LogP) is 3.23. The van der Waals surface area contributed by atoms with Crippen molar-refractivity contribution >= 4 is 34.8 Å². The number of esters is 1. The van der Waals surface area contributed by atoms with Crippen LogP contribution in [0.1, 0.15) is 20.1 Å². The normalized spacial score (nSPS) is 10.3. The van der Waals surface area contributed by atoms with Gasteiger partial charge in [-0.2, -0.15) is 0 Å². The fraction of sp³-hybridized carbons (Fsp3) is 0.250. The Morgan fingerprint density at radius 1 is 1.27 bits per heavy atom. The molecule has 0 aliphatic carbocycles. The van der Waals surface area contributed by atoms with Crippen LogP contribution >= 0.6 is 22.9 Å². The van der Waals surface area contributed by atoms with E-state index in [0.717, 1.165) is 10.4 Å². The van der Waals surface area contributed by atoms with Crippen LogP contribution < -0.4 is 5.32 Å². The highest BCUT2D eigenvalue weighted by molar-refractivity contribution is 7.13. The van der Waals surface area contributed by atoms with Gasteiger partial charge in [0.15, 0.2) is 6.61 Å². The number of carbonyl (C=O) groups excluding carboxylic acids is 2. The van der Waals surface area contributed by atoms with Gasteiger partial charge in [-0.15, -0.1) is 11.3 Å². The van der Waals surface area contributed by atoms with E-state index in [0.29, 0.717) is 22.9 Å². The molecule has 0 spiro atoms. The van der Waals surface area contributed by atoms with Gasteiger partial charge in [-0.05, 0) is 43.2 Å². The van der Waals surface area contributed by atoms with E-state index in [4.69, 9.17) is 16.3 Å². The summed E-state index contributed by atoms with van der Waals surface area (Å²) in [6.45, 7) is 2.10. The highest BCUT2D eigenvalue weighted by atomic mass is 35.5. The largest absolute Gasteiger partial charge is 0.451 e. The number of halogens is 1. The lowest BCUT2D eigenvalue weighted by Gasteiger charge is -2.06. The lowest BCUT2D eigenvalue weighted by atomic mass is 10.1. The van der Waals surface area contributed by atoms with Crippen LogP contribution in [0.4, 0.5) is 0 Å². The zero-order valence-corrected chi connectivity index (χ0v) is 13.7. The zero-order chi connectivity index (χ0) is 15.9. The molecule has 4 nitrogen and oxygen atoms in total. The summed E-state index contributed by atoms with van der Waals surface area (Å²) >= 11 is 7.23. The summed E-state index contributed by atoms with van der Waals surface area (Å²) in [5.74, 6) is -0.785. The second-order valence-corrected chi connectivity index (χ2v) is 6.44. The standard InChI is InChI=1S/C16H16ClNO3S/c1-11-5-6-14(22-11)16(20)21-10-15(19)18-8-7-12-3-2-4-13(17)9-12/h2-6,9H,7-8,10H2,1H3,(H,18,19). The molecule has 0 bridgehead atoms. The Balaban J connectivity index is 1.69. The first-order valence-electron chi connectivity index (χ1n) is 6.79. The van der Waals surface area contributed by atoms with Crippen molar-refractivity contribution in [1.29, 1.82) is 0 Å². The summed E-state index contributed by atoms with van der Waals surface area (Å²) in [6.07, 6.45) is 0.671. The van der Waals surface area contributed by atoms with Crippen molar-refractivity contribution in [2.45, 2.75) is 13.3 Å². The number of hydrogen-bond acceptors (Lipinski definition) is 4. The van der Waals surface area contributed by atoms with Gasteiger partial charge in [0.25, 0.3) is 5.91 Å². The third kappa shape index (κ3) is 5.16. The van der Waals surface area contributed by atoms with E-state index in [1.165, 1.54) is 11.3 Å². The van der Waals surface area contributed by atoms with Crippen LogP contribution in [0.25, 0.3) is 0 Å². The summed E-state index contributed by atoms with van der Waals surface area (Å²) in [5, 5.41) is 3.38. The van der Waals surface area contributed by atoms with Crippen molar-refractivity contribution in [3.8, 4) is 0 Å². The van der Waals surface area contributed by atoms with Crippen molar-refractivity contribution in [3.05, 3.63) is 56.7 Å². The molecule has 1 aromatic heterocycles. The average Bonchev–Trinajstić information content (AvgIpc) is 2.91. The van der Waals surface area contributed by atoms with Gasteiger partial charge in [0.05, 0.1) is 0 Å². The number of thiophene rings is 1. The minimum absolute atomic E-state index is 0.272. The molecule has 116 valence electrons. The van der Waals surface area contributed by atoms with Crippen LogP contribution in [0.2, 0.25) is 5.02 Å². The number of nitrogens with one attached hydrogen (secondary N) is 1. The van der Waals surface area contributed by atoms with Gasteiger partial charge in [0, 0.05) is 16.4 Å². The van der Waals surface area contributed by atoms with Gasteiger partial charge in [0.2, 0.25) is 0 Å². The fourth-order valence-electron chi connectivity index (χ4n) is 1.84. The molecule has 2 aromatic rings. The molecule has 22 heavy (non-hydrogen) atoms. The van der Waals surface area contributed by atoms with E-state index in [9.17, 15) is 9.59 Å². The molecular formula is C16H16ClNO3S. The van der Waals surface area contributed by atoms with Crippen LogP contribution in [0.5, 0.6) is 0 Å². The lowest BCUT2D eigenvalue weighted by Crippen LogP contribution is -2.30. The summed E-state index contributed by atoms with van der Waals surface area (Å²) in [7, 11) is 0. The molecule has 1 aromatic carbocycles. The highest BCUT2D eigenvalue weighted by Gasteiger charge is 2.11. The van der Waals surface area contributed by atoms with Crippen LogP contribution in [0.15, 0.2) is 36.4 Å². The van der Waals surface area contributed by atoms with Gasteiger partial charge in [-0.3, -0.25) is 4.79 Å². The van der Waals surface area contributed by atoms with Gasteiger partial charge in [-0.25, -0.2) is 4.79 Å². The Morgan fingerprint density at radius 2 is 2.09 bits per heavy atom. The van der Waals surface area contributed by atoms with Crippen LogP contribution in [0.3, 0.4) is 0 Å². The van der Waals surface area contributed by atoms with E-state index in [1.54, 1.807) is 12.1 Å². The van der Waals surface area contributed by atoms with Crippen LogP contribution in [-0.2, 0) is 16.0 Å². The monoisotopic (exact) mass is 337 g/mol. The topological polar surface area (TPSA) is 55.4 Å². The molecule has 1 heterocycles. The van der Waals surface area contributed by atoms with Crippen molar-refractivity contribution in [2.75, 3.05) is 13.2 Å². The number of rotatable bonds is 6. The predicted molar refractivity (Wildman–Crippen MR) is 87.5 cm³/mol. The SMILES string of the molecule is Cc1ccc(C(=O)OCC(=O)NCCc2cccc(Cl)c2)s1. The van der Waals surface area contributed by atoms with E-state index < -0.39 is 5.97 Å². The summed E-state index contributed by atoms with van der Waals surface area (Å²) < 4.78 is 4.96. The van der Waals surface area contributed by atoms with E-state index in [-0.39, 0.29) is 12.5 Å². The third-order valence-corrected chi connectivity index (χ3v) is 4.12. The Kier molecular flexibility index (Phi) is 5.98. The maximum atomic E-state index is 11.7. The summed E-state index contributed by atoms with van der Waals surface area (Å²) in [5.41, 5.74) is 1.04. The van der Waals surface area contributed by atoms with Crippen molar-refractivity contribution < 1.29 is 14.3 Å². The maximum Gasteiger partial charge on any atom is 0.348 e. The first-order chi connectivity index (χ1) is 10.5. The molecule has 6 heteroatoms. The number of hydrogen-bond donors (Lipinski definition) is 1. The molecular weight excluding hydrogens is 322 g/mol. The third-order valence-electron chi connectivity index (χ3n) is 2.90. The van der Waals surface area contributed by atoms with Crippen molar-refractivity contribution in [2.24, 2.45) is 0 Å². The minimum atomic E-state index is -0.469. The van der Waals surface area contributed by atoms with Crippen LogP contribution in [-0.4, -0.2) is 25.0 Å². The molecule has 0 aliphatic heterocycles. The average molecular weight is 338 g/mol. The number of carbonyl (C=O) groups is 2. The van der Waals surface area contributed by atoms with Gasteiger partial charge in [0.1, 0.15) is 4.88 Å². The highest BCUT2D eigenvalue weighted by Crippen LogP contribution is 2.15. The zero-order valence-electron chi connectivity index (χ0n) is 12.1. The van der Waals surface area contributed by atoms with Crippen molar-refractivity contribution in [1.82, 2.24) is 5.32 Å². The first-order valence-corrected chi connectivity index (χ1v) is 7.99. The smallest absolute Gasteiger partial charge is 0.348 e.